The molecule has 0 atom stereocenters. The zero-order valence-electron chi connectivity index (χ0n) is 13.5. The Labute approximate surface area is 125 Å². The molecule has 0 radical (unpaired) electrons. The number of amides is 1. The molecule has 1 aliphatic rings. The first-order valence-electron chi connectivity index (χ1n) is 8.79. The minimum atomic E-state index is 0.225. The van der Waals surface area contributed by atoms with E-state index in [4.69, 9.17) is 0 Å². The van der Waals surface area contributed by atoms with Gasteiger partial charge in [0.15, 0.2) is 0 Å². The van der Waals surface area contributed by atoms with Gasteiger partial charge in [0.25, 0.3) is 0 Å². The Kier molecular flexibility index (Phi) is 9.73. The predicted octanol–water partition coefficient (Wildman–Crippen LogP) is 3.63. The van der Waals surface area contributed by atoms with Crippen molar-refractivity contribution in [2.75, 3.05) is 13.1 Å². The van der Waals surface area contributed by atoms with E-state index >= 15 is 0 Å². The van der Waals surface area contributed by atoms with E-state index in [0.717, 1.165) is 38.8 Å². The first-order chi connectivity index (χ1) is 9.77. The van der Waals surface area contributed by atoms with E-state index in [9.17, 15) is 4.79 Å². The van der Waals surface area contributed by atoms with Crippen LogP contribution in [0.4, 0.5) is 0 Å². The Bertz CT molecular complexity index is 241. The first kappa shape index (κ1) is 17.5. The van der Waals surface area contributed by atoms with Crippen LogP contribution < -0.4 is 10.6 Å². The molecule has 2 N–H and O–H groups in total. The molecule has 0 aromatic heterocycles. The molecule has 3 nitrogen and oxygen atoms in total. The van der Waals surface area contributed by atoms with Gasteiger partial charge in [-0.15, -0.1) is 0 Å². The minimum absolute atomic E-state index is 0.225. The van der Waals surface area contributed by atoms with Gasteiger partial charge in [-0.05, 0) is 25.7 Å². The Morgan fingerprint density at radius 2 is 1.60 bits per heavy atom. The maximum atomic E-state index is 12.1. The number of carbonyl (C=O) groups is 1. The fraction of sp³-hybridized carbons (Fsp3) is 0.941. The van der Waals surface area contributed by atoms with Crippen molar-refractivity contribution in [3.8, 4) is 0 Å². The SMILES string of the molecule is CCCC(CCC)C(=O)NCCNC1CCCCCC1. The molecule has 1 saturated carbocycles. The molecule has 118 valence electrons. The van der Waals surface area contributed by atoms with Crippen LogP contribution in [0.2, 0.25) is 0 Å². The van der Waals surface area contributed by atoms with E-state index in [1.807, 2.05) is 0 Å². The summed E-state index contributed by atoms with van der Waals surface area (Å²) in [6.07, 6.45) is 12.4. The van der Waals surface area contributed by atoms with Gasteiger partial charge in [-0.3, -0.25) is 4.79 Å². The lowest BCUT2D eigenvalue weighted by atomic mass is 9.97. The molecule has 0 spiro atoms. The van der Waals surface area contributed by atoms with Crippen molar-refractivity contribution in [1.82, 2.24) is 10.6 Å². The first-order valence-corrected chi connectivity index (χ1v) is 8.79. The van der Waals surface area contributed by atoms with Crippen molar-refractivity contribution in [2.24, 2.45) is 5.92 Å². The van der Waals surface area contributed by atoms with Gasteiger partial charge >= 0.3 is 0 Å². The van der Waals surface area contributed by atoms with Crippen molar-refractivity contribution < 1.29 is 4.79 Å². The summed E-state index contributed by atoms with van der Waals surface area (Å²) in [4.78, 5) is 12.1. The molecule has 0 aromatic rings. The normalized spacial score (nSPS) is 17.1. The van der Waals surface area contributed by atoms with Gasteiger partial charge in [-0.25, -0.2) is 0 Å². The highest BCUT2D eigenvalue weighted by molar-refractivity contribution is 5.78. The van der Waals surface area contributed by atoms with Crippen molar-refractivity contribution in [3.63, 3.8) is 0 Å². The summed E-state index contributed by atoms with van der Waals surface area (Å²) in [7, 11) is 0. The minimum Gasteiger partial charge on any atom is -0.355 e. The van der Waals surface area contributed by atoms with E-state index in [2.05, 4.69) is 24.5 Å². The average molecular weight is 282 g/mol. The topological polar surface area (TPSA) is 41.1 Å². The molecule has 0 aliphatic heterocycles. The van der Waals surface area contributed by atoms with Gasteiger partial charge in [0.1, 0.15) is 0 Å². The zero-order chi connectivity index (χ0) is 14.6. The summed E-state index contributed by atoms with van der Waals surface area (Å²) in [6, 6.07) is 0.677. The van der Waals surface area contributed by atoms with Gasteiger partial charge in [0.05, 0.1) is 0 Å². The molecular formula is C17H34N2O. The summed E-state index contributed by atoms with van der Waals surface area (Å²) in [5.74, 6) is 0.485. The highest BCUT2D eigenvalue weighted by Crippen LogP contribution is 2.17. The Balaban J connectivity index is 2.13. The Hall–Kier alpha value is -0.570. The monoisotopic (exact) mass is 282 g/mol. The maximum absolute atomic E-state index is 12.1. The van der Waals surface area contributed by atoms with Crippen molar-refractivity contribution >= 4 is 5.91 Å². The number of hydrogen-bond acceptors (Lipinski definition) is 2. The van der Waals surface area contributed by atoms with Crippen LogP contribution in [0, 0.1) is 5.92 Å². The second-order valence-corrected chi connectivity index (χ2v) is 6.21. The van der Waals surface area contributed by atoms with Crippen LogP contribution in [-0.2, 0) is 4.79 Å². The van der Waals surface area contributed by atoms with Crippen LogP contribution in [0.25, 0.3) is 0 Å². The number of carbonyl (C=O) groups excluding carboxylic acids is 1. The number of hydrogen-bond donors (Lipinski definition) is 2. The van der Waals surface area contributed by atoms with E-state index in [-0.39, 0.29) is 11.8 Å². The van der Waals surface area contributed by atoms with Crippen LogP contribution in [0.15, 0.2) is 0 Å². The average Bonchev–Trinajstić information content (AvgIpc) is 2.72. The molecule has 0 unspecified atom stereocenters. The highest BCUT2D eigenvalue weighted by atomic mass is 16.1. The zero-order valence-corrected chi connectivity index (χ0v) is 13.5. The van der Waals surface area contributed by atoms with E-state index < -0.39 is 0 Å². The third kappa shape index (κ3) is 7.28. The molecule has 0 heterocycles. The van der Waals surface area contributed by atoms with Crippen LogP contribution in [0.3, 0.4) is 0 Å². The summed E-state index contributed by atoms with van der Waals surface area (Å²) in [5.41, 5.74) is 0. The summed E-state index contributed by atoms with van der Waals surface area (Å²) >= 11 is 0. The second kappa shape index (κ2) is 11.1. The molecule has 1 fully saturated rings. The van der Waals surface area contributed by atoms with Gasteiger partial charge in [0.2, 0.25) is 5.91 Å². The molecular weight excluding hydrogens is 248 g/mol. The van der Waals surface area contributed by atoms with Gasteiger partial charge < -0.3 is 10.6 Å². The third-order valence-electron chi connectivity index (χ3n) is 4.36. The van der Waals surface area contributed by atoms with Crippen LogP contribution in [0.1, 0.15) is 78.1 Å². The van der Waals surface area contributed by atoms with Crippen LogP contribution in [-0.4, -0.2) is 25.0 Å². The van der Waals surface area contributed by atoms with Crippen molar-refractivity contribution in [1.29, 1.82) is 0 Å². The number of nitrogens with one attached hydrogen (secondary N) is 2. The third-order valence-corrected chi connectivity index (χ3v) is 4.36. The molecule has 20 heavy (non-hydrogen) atoms. The van der Waals surface area contributed by atoms with Gasteiger partial charge in [-0.1, -0.05) is 52.4 Å². The largest absolute Gasteiger partial charge is 0.355 e. The van der Waals surface area contributed by atoms with Gasteiger partial charge in [-0.2, -0.15) is 0 Å². The van der Waals surface area contributed by atoms with E-state index in [0.29, 0.717) is 6.04 Å². The Morgan fingerprint density at radius 1 is 1.00 bits per heavy atom. The van der Waals surface area contributed by atoms with Gasteiger partial charge in [0, 0.05) is 25.0 Å². The molecule has 1 rings (SSSR count). The highest BCUT2D eigenvalue weighted by Gasteiger charge is 2.16. The molecule has 1 aliphatic carbocycles. The van der Waals surface area contributed by atoms with E-state index in [1.54, 1.807) is 0 Å². The smallest absolute Gasteiger partial charge is 0.223 e. The molecule has 0 saturated heterocycles. The summed E-state index contributed by atoms with van der Waals surface area (Å²) < 4.78 is 0. The quantitative estimate of drug-likeness (QED) is 0.501. The fourth-order valence-electron chi connectivity index (χ4n) is 3.19. The lowest BCUT2D eigenvalue weighted by molar-refractivity contribution is -0.125. The lowest BCUT2D eigenvalue weighted by Gasteiger charge is -2.18. The summed E-state index contributed by atoms with van der Waals surface area (Å²) in [6.45, 7) is 6.01. The fourth-order valence-corrected chi connectivity index (χ4v) is 3.19. The second-order valence-electron chi connectivity index (χ2n) is 6.21. The lowest BCUT2D eigenvalue weighted by Crippen LogP contribution is -2.39. The summed E-state index contributed by atoms with van der Waals surface area (Å²) in [5, 5.41) is 6.71. The van der Waals surface area contributed by atoms with Crippen LogP contribution in [0.5, 0.6) is 0 Å². The molecule has 0 aromatic carbocycles. The van der Waals surface area contributed by atoms with Crippen molar-refractivity contribution in [3.05, 3.63) is 0 Å². The predicted molar refractivity (Wildman–Crippen MR) is 85.8 cm³/mol. The maximum Gasteiger partial charge on any atom is 0.223 e. The molecule has 0 bridgehead atoms. The van der Waals surface area contributed by atoms with Crippen LogP contribution >= 0.6 is 0 Å². The molecule has 3 heteroatoms. The molecule has 1 amide bonds. The standard InChI is InChI=1S/C17H34N2O/c1-3-9-15(10-4-2)17(20)19-14-13-18-16-11-7-5-6-8-12-16/h15-16,18H,3-14H2,1-2H3,(H,19,20). The Morgan fingerprint density at radius 3 is 2.15 bits per heavy atom. The van der Waals surface area contributed by atoms with E-state index in [1.165, 1.54) is 38.5 Å². The number of rotatable bonds is 9. The van der Waals surface area contributed by atoms with Crippen molar-refractivity contribution in [2.45, 2.75) is 84.1 Å².